The van der Waals surface area contributed by atoms with Gasteiger partial charge in [0.25, 0.3) is 0 Å². The summed E-state index contributed by atoms with van der Waals surface area (Å²) in [4.78, 5) is 7.31. The maximum atomic E-state index is 9.89. The average Bonchev–Trinajstić information content (AvgIpc) is 2.48. The van der Waals surface area contributed by atoms with Gasteiger partial charge in [0.05, 0.1) is 0 Å². The molecule has 120 valence electrons. The monoisotopic (exact) mass is 317 g/mol. The number of piperidine rings is 1. The predicted molar refractivity (Wildman–Crippen MR) is 83.4 cm³/mol. The first-order valence-corrected chi connectivity index (χ1v) is 7.50. The maximum absolute atomic E-state index is 9.89. The maximum Gasteiger partial charge on any atom is 0.171 e. The Balaban J connectivity index is 2.28. The molecule has 1 aliphatic rings. The van der Waals surface area contributed by atoms with E-state index in [1.807, 2.05) is 5.48 Å². The number of hydroxylamine groups is 1. The van der Waals surface area contributed by atoms with E-state index >= 15 is 0 Å². The molecule has 0 aromatic rings. The van der Waals surface area contributed by atoms with Gasteiger partial charge in [0.2, 0.25) is 0 Å². The van der Waals surface area contributed by atoms with E-state index in [0.29, 0.717) is 12.1 Å². The first-order chi connectivity index (χ1) is 10.1. The first-order valence-electron chi connectivity index (χ1n) is 7.12. The Bertz CT molecular complexity index is 380. The molecule has 0 bridgehead atoms. The van der Waals surface area contributed by atoms with Crippen LogP contribution in [0.4, 0.5) is 0 Å². The third-order valence-electron chi connectivity index (χ3n) is 3.17. The molecule has 0 radical (unpaired) electrons. The topological polar surface area (TPSA) is 77.3 Å². The SMILES string of the molecule is CC(=C\C=C/NO)/C(Cl)=N/OCC(O)CN1CCCCC1. The molecular weight excluding hydrogens is 294 g/mol. The van der Waals surface area contributed by atoms with Gasteiger partial charge < -0.3 is 14.8 Å². The lowest BCUT2D eigenvalue weighted by Gasteiger charge is -2.27. The van der Waals surface area contributed by atoms with Crippen molar-refractivity contribution in [3.63, 3.8) is 0 Å². The number of hydrogen-bond acceptors (Lipinski definition) is 6. The second kappa shape index (κ2) is 10.6. The molecule has 0 aromatic heterocycles. The van der Waals surface area contributed by atoms with E-state index in [-0.39, 0.29) is 11.8 Å². The number of aliphatic hydroxyl groups excluding tert-OH is 1. The van der Waals surface area contributed by atoms with Crippen LogP contribution in [0.5, 0.6) is 0 Å². The first kappa shape index (κ1) is 18.0. The van der Waals surface area contributed by atoms with E-state index in [2.05, 4.69) is 10.1 Å². The molecule has 0 amide bonds. The lowest BCUT2D eigenvalue weighted by molar-refractivity contribution is 0.0161. The summed E-state index contributed by atoms with van der Waals surface area (Å²) in [5.41, 5.74) is 2.57. The van der Waals surface area contributed by atoms with Crippen molar-refractivity contribution in [2.24, 2.45) is 5.16 Å². The summed E-state index contributed by atoms with van der Waals surface area (Å²) >= 11 is 5.93. The minimum atomic E-state index is -0.570. The van der Waals surface area contributed by atoms with Crippen LogP contribution in [0.25, 0.3) is 0 Å². The fraction of sp³-hybridized carbons (Fsp3) is 0.643. The number of likely N-dealkylation sites (tertiary alicyclic amines) is 1. The van der Waals surface area contributed by atoms with Crippen LogP contribution in [0.15, 0.2) is 29.1 Å². The van der Waals surface area contributed by atoms with Crippen molar-refractivity contribution >= 4 is 16.8 Å². The molecule has 0 spiro atoms. The molecule has 1 saturated heterocycles. The molecule has 3 N–H and O–H groups in total. The normalized spacial score (nSPS) is 19.8. The number of halogens is 1. The minimum Gasteiger partial charge on any atom is -0.392 e. The van der Waals surface area contributed by atoms with Gasteiger partial charge in [0.15, 0.2) is 5.17 Å². The van der Waals surface area contributed by atoms with Gasteiger partial charge in [0, 0.05) is 12.7 Å². The third-order valence-corrected chi connectivity index (χ3v) is 3.54. The Labute approximate surface area is 130 Å². The van der Waals surface area contributed by atoms with Crippen molar-refractivity contribution in [3.05, 3.63) is 23.9 Å². The largest absolute Gasteiger partial charge is 0.392 e. The van der Waals surface area contributed by atoms with Gasteiger partial charge in [0.1, 0.15) is 12.7 Å². The van der Waals surface area contributed by atoms with E-state index in [0.717, 1.165) is 13.1 Å². The molecule has 0 aromatic carbocycles. The standard InChI is InChI=1S/C14H24ClN3O3/c1-12(6-5-7-16-20)14(15)17-21-11-13(19)10-18-8-3-2-4-9-18/h5-7,13,16,19-20H,2-4,8-11H2,1H3/b7-5-,12-6+,17-14-. The summed E-state index contributed by atoms with van der Waals surface area (Å²) in [6.07, 6.45) is 7.68. The lowest BCUT2D eigenvalue weighted by atomic mass is 10.1. The van der Waals surface area contributed by atoms with Crippen molar-refractivity contribution in [1.82, 2.24) is 10.4 Å². The summed E-state index contributed by atoms with van der Waals surface area (Å²) in [5, 5.41) is 22.2. The number of rotatable bonds is 8. The summed E-state index contributed by atoms with van der Waals surface area (Å²) in [5.74, 6) is 0. The van der Waals surface area contributed by atoms with Crippen molar-refractivity contribution in [1.29, 1.82) is 0 Å². The van der Waals surface area contributed by atoms with Gasteiger partial charge in [-0.15, -0.1) is 0 Å². The summed E-state index contributed by atoms with van der Waals surface area (Å²) in [6.45, 7) is 4.56. The van der Waals surface area contributed by atoms with E-state index < -0.39 is 6.10 Å². The highest BCUT2D eigenvalue weighted by molar-refractivity contribution is 6.69. The van der Waals surface area contributed by atoms with Crippen LogP contribution in [-0.2, 0) is 4.84 Å². The van der Waals surface area contributed by atoms with Gasteiger partial charge >= 0.3 is 0 Å². The molecule has 1 heterocycles. The Hall–Kier alpha value is -1.08. The van der Waals surface area contributed by atoms with Crippen LogP contribution in [-0.4, -0.2) is 52.7 Å². The number of aliphatic hydroxyl groups is 1. The van der Waals surface area contributed by atoms with Crippen LogP contribution >= 0.6 is 11.6 Å². The van der Waals surface area contributed by atoms with Crippen LogP contribution in [0, 0.1) is 0 Å². The fourth-order valence-electron chi connectivity index (χ4n) is 2.05. The predicted octanol–water partition coefficient (Wildman–Crippen LogP) is 1.84. The quantitative estimate of drug-likeness (QED) is 0.362. The highest BCUT2D eigenvalue weighted by Crippen LogP contribution is 2.09. The smallest absolute Gasteiger partial charge is 0.171 e. The zero-order valence-corrected chi connectivity index (χ0v) is 13.1. The van der Waals surface area contributed by atoms with Crippen molar-refractivity contribution in [2.45, 2.75) is 32.3 Å². The number of nitrogens with zero attached hydrogens (tertiary/aromatic N) is 2. The number of allylic oxidation sites excluding steroid dienone is 3. The highest BCUT2D eigenvalue weighted by atomic mass is 35.5. The Morgan fingerprint density at radius 1 is 1.43 bits per heavy atom. The zero-order valence-electron chi connectivity index (χ0n) is 12.3. The van der Waals surface area contributed by atoms with Crippen molar-refractivity contribution < 1.29 is 15.2 Å². The van der Waals surface area contributed by atoms with E-state index in [1.165, 1.54) is 25.5 Å². The molecule has 1 atom stereocenters. The zero-order chi connectivity index (χ0) is 15.5. The molecule has 1 unspecified atom stereocenters. The second-order valence-electron chi connectivity index (χ2n) is 5.03. The van der Waals surface area contributed by atoms with Crippen molar-refractivity contribution in [2.75, 3.05) is 26.2 Å². The van der Waals surface area contributed by atoms with Gasteiger partial charge in [-0.1, -0.05) is 29.3 Å². The second-order valence-corrected chi connectivity index (χ2v) is 5.39. The minimum absolute atomic E-state index is 0.119. The molecule has 6 nitrogen and oxygen atoms in total. The third kappa shape index (κ3) is 8.06. The van der Waals surface area contributed by atoms with E-state index in [1.54, 1.807) is 19.1 Å². The average molecular weight is 318 g/mol. The molecule has 21 heavy (non-hydrogen) atoms. The molecule has 1 rings (SSSR count). The number of nitrogens with one attached hydrogen (secondary N) is 1. The van der Waals surface area contributed by atoms with E-state index in [4.69, 9.17) is 21.6 Å². The Kier molecular flexibility index (Phi) is 9.09. The van der Waals surface area contributed by atoms with Crippen LogP contribution in [0.3, 0.4) is 0 Å². The molecule has 0 aliphatic carbocycles. The number of oxime groups is 1. The summed E-state index contributed by atoms with van der Waals surface area (Å²) in [6, 6.07) is 0. The van der Waals surface area contributed by atoms with Gasteiger partial charge in [-0.2, -0.15) is 0 Å². The van der Waals surface area contributed by atoms with Crippen LogP contribution in [0.1, 0.15) is 26.2 Å². The Morgan fingerprint density at radius 3 is 2.81 bits per heavy atom. The summed E-state index contributed by atoms with van der Waals surface area (Å²) < 4.78 is 0. The fourth-order valence-corrected chi connectivity index (χ4v) is 2.16. The Morgan fingerprint density at radius 2 is 2.14 bits per heavy atom. The van der Waals surface area contributed by atoms with Crippen molar-refractivity contribution in [3.8, 4) is 0 Å². The lowest BCUT2D eigenvalue weighted by Crippen LogP contribution is -2.38. The van der Waals surface area contributed by atoms with Crippen LogP contribution in [0.2, 0.25) is 0 Å². The van der Waals surface area contributed by atoms with Gasteiger partial charge in [-0.3, -0.25) is 10.7 Å². The molecule has 0 saturated carbocycles. The molecule has 1 fully saturated rings. The highest BCUT2D eigenvalue weighted by Gasteiger charge is 2.14. The van der Waals surface area contributed by atoms with Gasteiger partial charge in [-0.05, 0) is 44.5 Å². The number of β-amino-alcohol motifs (C(OH)–C–C–N with tert-alkyl or cyclic N) is 1. The molecular formula is C14H24ClN3O3. The number of hydrogen-bond donors (Lipinski definition) is 3. The van der Waals surface area contributed by atoms with Crippen LogP contribution < -0.4 is 5.48 Å². The summed E-state index contributed by atoms with van der Waals surface area (Å²) in [7, 11) is 0. The molecule has 7 heteroatoms. The van der Waals surface area contributed by atoms with Gasteiger partial charge in [-0.25, -0.2) is 0 Å². The molecule has 1 aliphatic heterocycles. The van der Waals surface area contributed by atoms with E-state index in [9.17, 15) is 5.11 Å².